The fourth-order valence-corrected chi connectivity index (χ4v) is 4.23. The fraction of sp³-hybridized carbons (Fsp3) is 0.182. The number of nitrogens with zero attached hydrogens (tertiary/aromatic N) is 2. The summed E-state index contributed by atoms with van der Waals surface area (Å²) in [4.78, 5) is 16.9. The summed E-state index contributed by atoms with van der Waals surface area (Å²) < 4.78 is 27.7. The second-order valence-corrected chi connectivity index (χ2v) is 8.62. The van der Waals surface area contributed by atoms with Crippen LogP contribution >= 0.6 is 0 Å². The molecule has 0 atom stereocenters. The Kier molecular flexibility index (Phi) is 6.29. The minimum Gasteiger partial charge on any atom is -0.349 e. The first-order valence-electron chi connectivity index (χ1n) is 9.19. The van der Waals surface area contributed by atoms with Crippen LogP contribution in [0.4, 0.5) is 5.69 Å². The predicted octanol–water partition coefficient (Wildman–Crippen LogP) is 3.21. The highest BCUT2D eigenvalue weighted by atomic mass is 32.2. The first-order valence-corrected chi connectivity index (χ1v) is 10.6. The minimum atomic E-state index is -3.91. The number of nitrogens with one attached hydrogen (secondary N) is 1. The molecule has 1 heterocycles. The molecule has 1 aromatic heterocycles. The zero-order valence-electron chi connectivity index (χ0n) is 16.4. The molecule has 3 rings (SSSR count). The average Bonchev–Trinajstić information content (AvgIpc) is 2.71. The van der Waals surface area contributed by atoms with Gasteiger partial charge in [-0.25, -0.2) is 8.42 Å². The third-order valence-corrected chi connectivity index (χ3v) is 6.17. The predicted molar refractivity (Wildman–Crippen MR) is 113 cm³/mol. The van der Waals surface area contributed by atoms with Gasteiger partial charge in [-0.1, -0.05) is 35.9 Å². The number of anilines is 1. The molecule has 2 aromatic carbocycles. The van der Waals surface area contributed by atoms with E-state index in [4.69, 9.17) is 0 Å². The van der Waals surface area contributed by atoms with E-state index < -0.39 is 15.9 Å². The average molecular weight is 410 g/mol. The molecule has 0 aliphatic rings. The van der Waals surface area contributed by atoms with Gasteiger partial charge in [-0.05, 0) is 55.8 Å². The number of benzene rings is 2. The molecule has 0 bridgehead atoms. The zero-order valence-corrected chi connectivity index (χ0v) is 17.2. The van der Waals surface area contributed by atoms with Crippen molar-refractivity contribution >= 4 is 21.6 Å². The maximum Gasteiger partial charge on any atom is 0.264 e. The maximum absolute atomic E-state index is 13.3. The van der Waals surface area contributed by atoms with Crippen molar-refractivity contribution in [2.75, 3.05) is 10.8 Å². The van der Waals surface area contributed by atoms with Crippen molar-refractivity contribution in [3.05, 3.63) is 89.7 Å². The third-order valence-electron chi connectivity index (χ3n) is 4.38. The van der Waals surface area contributed by atoms with Crippen LogP contribution < -0.4 is 9.62 Å². The van der Waals surface area contributed by atoms with Crippen molar-refractivity contribution in [2.45, 2.75) is 25.3 Å². The van der Waals surface area contributed by atoms with Crippen molar-refractivity contribution in [1.29, 1.82) is 0 Å². The van der Waals surface area contributed by atoms with Crippen LogP contribution in [0.3, 0.4) is 0 Å². The van der Waals surface area contributed by atoms with Crippen LogP contribution in [0.1, 0.15) is 16.8 Å². The summed E-state index contributed by atoms with van der Waals surface area (Å²) in [5, 5.41) is 2.74. The maximum atomic E-state index is 13.3. The second kappa shape index (κ2) is 8.87. The van der Waals surface area contributed by atoms with Crippen molar-refractivity contribution in [1.82, 2.24) is 10.3 Å². The van der Waals surface area contributed by atoms with Gasteiger partial charge in [0, 0.05) is 6.20 Å². The van der Waals surface area contributed by atoms with Gasteiger partial charge in [0.2, 0.25) is 5.91 Å². The summed E-state index contributed by atoms with van der Waals surface area (Å²) >= 11 is 0. The number of amides is 1. The molecule has 0 unspecified atom stereocenters. The Labute approximate surface area is 171 Å². The second-order valence-electron chi connectivity index (χ2n) is 6.76. The monoisotopic (exact) mass is 409 g/mol. The molecule has 0 spiro atoms. The third kappa shape index (κ3) is 5.20. The minimum absolute atomic E-state index is 0.141. The number of hydrogen-bond acceptors (Lipinski definition) is 4. The van der Waals surface area contributed by atoms with Crippen LogP contribution in [-0.4, -0.2) is 25.9 Å². The number of carbonyl (C=O) groups is 1. The van der Waals surface area contributed by atoms with E-state index in [0.717, 1.165) is 15.4 Å². The number of aromatic nitrogens is 1. The first kappa shape index (κ1) is 20.5. The normalized spacial score (nSPS) is 11.1. The molecule has 0 aliphatic carbocycles. The van der Waals surface area contributed by atoms with E-state index in [1.807, 2.05) is 26.0 Å². The van der Waals surface area contributed by atoms with Gasteiger partial charge in [0.15, 0.2) is 0 Å². The Hall–Kier alpha value is -3.19. The highest BCUT2D eigenvalue weighted by molar-refractivity contribution is 7.92. The number of pyridine rings is 1. The van der Waals surface area contributed by atoms with E-state index >= 15 is 0 Å². The van der Waals surface area contributed by atoms with Gasteiger partial charge in [-0.15, -0.1) is 0 Å². The zero-order chi connectivity index (χ0) is 20.9. The lowest BCUT2D eigenvalue weighted by Gasteiger charge is -2.24. The Morgan fingerprint density at radius 3 is 2.38 bits per heavy atom. The number of rotatable bonds is 7. The Bertz CT molecular complexity index is 1080. The number of hydrogen-bond donors (Lipinski definition) is 1. The molecule has 7 heteroatoms. The lowest BCUT2D eigenvalue weighted by molar-refractivity contribution is -0.119. The molecule has 0 fully saturated rings. The molecule has 3 aromatic rings. The topological polar surface area (TPSA) is 79.4 Å². The summed E-state index contributed by atoms with van der Waals surface area (Å²) in [6, 6.07) is 19.1. The van der Waals surface area contributed by atoms with E-state index in [1.165, 1.54) is 0 Å². The number of aryl methyl sites for hydroxylation is 2. The van der Waals surface area contributed by atoms with Gasteiger partial charge in [0.25, 0.3) is 10.0 Å². The standard InChI is InChI=1S/C22H23N3O3S/c1-17-9-11-21(12-10-17)29(27,28)25(20-8-5-6-18(2)14-20)16-22(26)24-15-19-7-3-4-13-23-19/h3-14H,15-16H2,1-2H3,(H,24,26). The van der Waals surface area contributed by atoms with E-state index in [0.29, 0.717) is 11.4 Å². The van der Waals surface area contributed by atoms with Crippen molar-refractivity contribution in [3.63, 3.8) is 0 Å². The Balaban J connectivity index is 1.87. The largest absolute Gasteiger partial charge is 0.349 e. The van der Waals surface area contributed by atoms with Crippen LogP contribution in [0, 0.1) is 13.8 Å². The van der Waals surface area contributed by atoms with Gasteiger partial charge in [0.05, 0.1) is 22.8 Å². The van der Waals surface area contributed by atoms with Crippen molar-refractivity contribution in [3.8, 4) is 0 Å². The van der Waals surface area contributed by atoms with Crippen LogP contribution in [0.5, 0.6) is 0 Å². The summed E-state index contributed by atoms with van der Waals surface area (Å²) in [7, 11) is -3.91. The summed E-state index contributed by atoms with van der Waals surface area (Å²) in [6.45, 7) is 3.67. The smallest absolute Gasteiger partial charge is 0.264 e. The van der Waals surface area contributed by atoms with Crippen LogP contribution in [0.15, 0.2) is 77.8 Å². The Morgan fingerprint density at radius 2 is 1.72 bits per heavy atom. The molecule has 0 saturated heterocycles. The first-order chi connectivity index (χ1) is 13.9. The van der Waals surface area contributed by atoms with Gasteiger partial charge in [-0.3, -0.25) is 14.1 Å². The molecule has 150 valence electrons. The molecule has 1 amide bonds. The van der Waals surface area contributed by atoms with E-state index in [1.54, 1.807) is 60.8 Å². The molecule has 0 aliphatic heterocycles. The molecule has 1 N–H and O–H groups in total. The molecule has 29 heavy (non-hydrogen) atoms. The summed E-state index contributed by atoms with van der Waals surface area (Å²) in [5.41, 5.74) is 3.00. The van der Waals surface area contributed by atoms with Crippen LogP contribution in [0.25, 0.3) is 0 Å². The van der Waals surface area contributed by atoms with Gasteiger partial charge in [0.1, 0.15) is 6.54 Å². The van der Waals surface area contributed by atoms with Gasteiger partial charge in [-0.2, -0.15) is 0 Å². The molecule has 0 saturated carbocycles. The van der Waals surface area contributed by atoms with Crippen LogP contribution in [-0.2, 0) is 21.4 Å². The van der Waals surface area contributed by atoms with Gasteiger partial charge < -0.3 is 5.32 Å². The van der Waals surface area contributed by atoms with Crippen molar-refractivity contribution in [2.24, 2.45) is 0 Å². The SMILES string of the molecule is Cc1ccc(S(=O)(=O)N(CC(=O)NCc2ccccn2)c2cccc(C)c2)cc1. The van der Waals surface area contributed by atoms with Crippen molar-refractivity contribution < 1.29 is 13.2 Å². The molecular weight excluding hydrogens is 386 g/mol. The Morgan fingerprint density at radius 1 is 0.966 bits per heavy atom. The van der Waals surface area contributed by atoms with E-state index in [-0.39, 0.29) is 18.0 Å². The lowest BCUT2D eigenvalue weighted by Crippen LogP contribution is -2.40. The van der Waals surface area contributed by atoms with E-state index in [2.05, 4.69) is 10.3 Å². The summed E-state index contributed by atoms with van der Waals surface area (Å²) in [6.07, 6.45) is 1.64. The molecular formula is C22H23N3O3S. The number of carbonyl (C=O) groups excluding carboxylic acids is 1. The highest BCUT2D eigenvalue weighted by Crippen LogP contribution is 2.24. The van der Waals surface area contributed by atoms with Crippen LogP contribution in [0.2, 0.25) is 0 Å². The van der Waals surface area contributed by atoms with E-state index in [9.17, 15) is 13.2 Å². The molecule has 0 radical (unpaired) electrons. The quantitative estimate of drug-likeness (QED) is 0.650. The lowest BCUT2D eigenvalue weighted by atomic mass is 10.2. The highest BCUT2D eigenvalue weighted by Gasteiger charge is 2.27. The fourth-order valence-electron chi connectivity index (χ4n) is 2.81. The van der Waals surface area contributed by atoms with Gasteiger partial charge >= 0.3 is 0 Å². The summed E-state index contributed by atoms with van der Waals surface area (Å²) in [5.74, 6) is -0.409. The number of sulfonamides is 1. The molecule has 6 nitrogen and oxygen atoms in total.